The first-order valence-corrected chi connectivity index (χ1v) is 9.39. The van der Waals surface area contributed by atoms with E-state index < -0.39 is 0 Å². The van der Waals surface area contributed by atoms with E-state index in [1.165, 1.54) is 11.1 Å². The number of aliphatic hydroxyl groups is 1. The molecule has 1 heterocycles. The van der Waals surface area contributed by atoms with Crippen molar-refractivity contribution >= 4 is 5.91 Å². The Balaban J connectivity index is 1.38. The summed E-state index contributed by atoms with van der Waals surface area (Å²) in [5.41, 5.74) is 2.59. The Morgan fingerprint density at radius 2 is 1.83 bits per heavy atom. The van der Waals surface area contributed by atoms with Crippen molar-refractivity contribution in [1.29, 1.82) is 0 Å². The number of nitrogens with zero attached hydrogens (tertiary/aromatic N) is 2. The highest BCUT2D eigenvalue weighted by Gasteiger charge is 2.33. The lowest BCUT2D eigenvalue weighted by molar-refractivity contribution is -0.133. The smallest absolute Gasteiger partial charge is 0.222 e. The summed E-state index contributed by atoms with van der Waals surface area (Å²) in [5, 5.41) is 10.0. The molecule has 0 unspecified atom stereocenters. The van der Waals surface area contributed by atoms with Gasteiger partial charge >= 0.3 is 0 Å². The zero-order valence-corrected chi connectivity index (χ0v) is 14.8. The van der Waals surface area contributed by atoms with Crippen LogP contribution in [0.4, 0.5) is 0 Å². The van der Waals surface area contributed by atoms with Gasteiger partial charge in [-0.1, -0.05) is 29.8 Å². The molecule has 1 aromatic rings. The van der Waals surface area contributed by atoms with E-state index in [0.29, 0.717) is 12.5 Å². The van der Waals surface area contributed by atoms with Crippen molar-refractivity contribution in [2.75, 3.05) is 26.2 Å². The molecule has 1 saturated heterocycles. The number of rotatable bonds is 5. The number of carbonyl (C=O) groups excluding carboxylic acids is 1. The van der Waals surface area contributed by atoms with E-state index in [1.54, 1.807) is 0 Å². The van der Waals surface area contributed by atoms with Crippen LogP contribution in [0.3, 0.4) is 0 Å². The fourth-order valence-corrected chi connectivity index (χ4v) is 4.01. The summed E-state index contributed by atoms with van der Waals surface area (Å²) >= 11 is 0. The molecule has 2 fully saturated rings. The largest absolute Gasteiger partial charge is 0.391 e. The van der Waals surface area contributed by atoms with E-state index in [-0.39, 0.29) is 12.0 Å². The van der Waals surface area contributed by atoms with Crippen LogP contribution in [0.15, 0.2) is 24.3 Å². The first-order valence-electron chi connectivity index (χ1n) is 9.39. The van der Waals surface area contributed by atoms with E-state index >= 15 is 0 Å². The SMILES string of the molecule is Cc1ccc(CCCC(=O)N2CCN([C@H]3CCC[C@H]3O)CC2)cc1. The Morgan fingerprint density at radius 1 is 1.12 bits per heavy atom. The Bertz CT molecular complexity index is 535. The maximum atomic E-state index is 12.4. The van der Waals surface area contributed by atoms with Gasteiger partial charge in [-0.15, -0.1) is 0 Å². The highest BCUT2D eigenvalue weighted by atomic mass is 16.3. The summed E-state index contributed by atoms with van der Waals surface area (Å²) in [6.45, 7) is 5.54. The first kappa shape index (κ1) is 17.4. The van der Waals surface area contributed by atoms with Gasteiger partial charge in [0.2, 0.25) is 5.91 Å². The second-order valence-corrected chi connectivity index (χ2v) is 7.32. The van der Waals surface area contributed by atoms with E-state index in [1.807, 2.05) is 4.90 Å². The zero-order valence-electron chi connectivity index (χ0n) is 14.8. The summed E-state index contributed by atoms with van der Waals surface area (Å²) in [6, 6.07) is 8.90. The highest BCUT2D eigenvalue weighted by Crippen LogP contribution is 2.25. The number of amides is 1. The fourth-order valence-electron chi connectivity index (χ4n) is 4.01. The third-order valence-electron chi connectivity index (χ3n) is 5.56. The molecule has 0 bridgehead atoms. The minimum Gasteiger partial charge on any atom is -0.391 e. The van der Waals surface area contributed by atoms with Crippen molar-refractivity contribution in [1.82, 2.24) is 9.80 Å². The lowest BCUT2D eigenvalue weighted by Gasteiger charge is -2.39. The first-order chi connectivity index (χ1) is 11.6. The van der Waals surface area contributed by atoms with Gasteiger partial charge in [0, 0.05) is 38.6 Å². The zero-order chi connectivity index (χ0) is 16.9. The third-order valence-corrected chi connectivity index (χ3v) is 5.56. The van der Waals surface area contributed by atoms with Crippen LogP contribution in [0, 0.1) is 6.92 Å². The number of piperazine rings is 1. The van der Waals surface area contributed by atoms with Crippen molar-refractivity contribution in [3.8, 4) is 0 Å². The molecule has 0 radical (unpaired) electrons. The van der Waals surface area contributed by atoms with Crippen LogP contribution < -0.4 is 0 Å². The van der Waals surface area contributed by atoms with Gasteiger partial charge in [-0.25, -0.2) is 0 Å². The number of benzene rings is 1. The molecule has 1 aliphatic carbocycles. The van der Waals surface area contributed by atoms with Crippen LogP contribution in [-0.4, -0.2) is 59.1 Å². The van der Waals surface area contributed by atoms with Crippen molar-refractivity contribution in [2.24, 2.45) is 0 Å². The summed E-state index contributed by atoms with van der Waals surface area (Å²) in [4.78, 5) is 16.8. The molecular weight excluding hydrogens is 300 g/mol. The van der Waals surface area contributed by atoms with Gasteiger partial charge in [0.25, 0.3) is 0 Å². The van der Waals surface area contributed by atoms with Crippen LogP contribution in [0.5, 0.6) is 0 Å². The molecule has 24 heavy (non-hydrogen) atoms. The maximum Gasteiger partial charge on any atom is 0.222 e. The van der Waals surface area contributed by atoms with E-state index in [0.717, 1.165) is 58.3 Å². The summed E-state index contributed by atoms with van der Waals surface area (Å²) in [5.74, 6) is 0.286. The maximum absolute atomic E-state index is 12.4. The molecule has 1 aliphatic heterocycles. The lowest BCUT2D eigenvalue weighted by Crippen LogP contribution is -2.53. The molecule has 132 valence electrons. The van der Waals surface area contributed by atoms with Crippen LogP contribution in [0.1, 0.15) is 43.2 Å². The predicted octanol–water partition coefficient (Wildman–Crippen LogP) is 2.38. The third kappa shape index (κ3) is 4.37. The Morgan fingerprint density at radius 3 is 2.46 bits per heavy atom. The molecule has 1 amide bonds. The monoisotopic (exact) mass is 330 g/mol. The van der Waals surface area contributed by atoms with Crippen molar-refractivity contribution in [3.63, 3.8) is 0 Å². The molecule has 0 aromatic heterocycles. The topological polar surface area (TPSA) is 43.8 Å². The number of hydrogen-bond donors (Lipinski definition) is 1. The second-order valence-electron chi connectivity index (χ2n) is 7.32. The van der Waals surface area contributed by atoms with E-state index in [9.17, 15) is 9.90 Å². The fraction of sp³-hybridized carbons (Fsp3) is 0.650. The second kappa shape index (κ2) is 8.13. The Kier molecular flexibility index (Phi) is 5.90. The van der Waals surface area contributed by atoms with Crippen LogP contribution >= 0.6 is 0 Å². The quantitative estimate of drug-likeness (QED) is 0.901. The number of aryl methyl sites for hydroxylation is 2. The molecule has 1 saturated carbocycles. The number of aliphatic hydroxyl groups excluding tert-OH is 1. The van der Waals surface area contributed by atoms with Gasteiger partial charge in [-0.3, -0.25) is 9.69 Å². The van der Waals surface area contributed by atoms with Crippen molar-refractivity contribution < 1.29 is 9.90 Å². The Hall–Kier alpha value is -1.39. The summed E-state index contributed by atoms with van der Waals surface area (Å²) in [7, 11) is 0. The predicted molar refractivity (Wildman–Crippen MR) is 95.9 cm³/mol. The molecule has 2 aliphatic rings. The molecule has 3 rings (SSSR count). The number of hydrogen-bond acceptors (Lipinski definition) is 3. The minimum atomic E-state index is -0.165. The lowest BCUT2D eigenvalue weighted by atomic mass is 10.1. The normalized spacial score (nSPS) is 25.2. The molecule has 2 atom stereocenters. The Labute approximate surface area is 145 Å². The van der Waals surface area contributed by atoms with Gasteiger partial charge in [0.1, 0.15) is 0 Å². The number of carbonyl (C=O) groups is 1. The molecule has 1 aromatic carbocycles. The van der Waals surface area contributed by atoms with E-state index in [2.05, 4.69) is 36.1 Å². The average Bonchev–Trinajstić information content (AvgIpc) is 3.03. The van der Waals surface area contributed by atoms with Crippen molar-refractivity contribution in [3.05, 3.63) is 35.4 Å². The van der Waals surface area contributed by atoms with Gasteiger partial charge < -0.3 is 10.0 Å². The average molecular weight is 330 g/mol. The highest BCUT2D eigenvalue weighted by molar-refractivity contribution is 5.76. The summed E-state index contributed by atoms with van der Waals surface area (Å²) < 4.78 is 0. The van der Waals surface area contributed by atoms with Crippen LogP contribution in [0.25, 0.3) is 0 Å². The van der Waals surface area contributed by atoms with Gasteiger partial charge in [-0.05, 0) is 44.6 Å². The minimum absolute atomic E-state index is 0.165. The van der Waals surface area contributed by atoms with E-state index in [4.69, 9.17) is 0 Å². The molecule has 0 spiro atoms. The van der Waals surface area contributed by atoms with Crippen molar-refractivity contribution in [2.45, 2.75) is 57.6 Å². The molecule has 4 heteroatoms. The molecular formula is C20H30N2O2. The van der Waals surface area contributed by atoms with Crippen LogP contribution in [-0.2, 0) is 11.2 Å². The molecule has 1 N–H and O–H groups in total. The summed E-state index contributed by atoms with van der Waals surface area (Å²) in [6.07, 6.45) is 5.53. The van der Waals surface area contributed by atoms with Crippen LogP contribution in [0.2, 0.25) is 0 Å². The van der Waals surface area contributed by atoms with Gasteiger partial charge in [0.05, 0.1) is 6.10 Å². The molecule has 4 nitrogen and oxygen atoms in total. The standard InChI is InChI=1S/C20H30N2O2/c1-16-8-10-17(11-9-16)4-2-7-20(24)22-14-12-21(13-15-22)18-5-3-6-19(18)23/h8-11,18-19,23H,2-7,12-15H2,1H3/t18-,19+/m0/s1. The van der Waals surface area contributed by atoms with Gasteiger partial charge in [-0.2, -0.15) is 0 Å². The van der Waals surface area contributed by atoms with Gasteiger partial charge in [0.15, 0.2) is 0 Å².